The standard InChI is InChI=1S/C14H22BrN3OSi/c1-17-6-5-12(10-17)14-16-9-13(15)18(14)11-19-7-8-20(2,3)4/h5-6,9-10H,7-8,11H2,1-4H3. The van der Waals surface area contributed by atoms with Gasteiger partial charge in [-0.25, -0.2) is 4.98 Å². The van der Waals surface area contributed by atoms with E-state index in [1.165, 1.54) is 6.04 Å². The van der Waals surface area contributed by atoms with E-state index < -0.39 is 8.07 Å². The molecule has 6 heteroatoms. The highest BCUT2D eigenvalue weighted by atomic mass is 79.9. The Balaban J connectivity index is 2.03. The molecule has 0 unspecified atom stereocenters. The van der Waals surface area contributed by atoms with Crippen LogP contribution in [0.4, 0.5) is 0 Å². The summed E-state index contributed by atoms with van der Waals surface area (Å²) in [5, 5.41) is 0. The minimum atomic E-state index is -1.03. The van der Waals surface area contributed by atoms with E-state index in [1.807, 2.05) is 24.0 Å². The molecule has 0 bridgehead atoms. The van der Waals surface area contributed by atoms with Crippen molar-refractivity contribution in [3.05, 3.63) is 29.3 Å². The fraction of sp³-hybridized carbons (Fsp3) is 0.500. The fourth-order valence-electron chi connectivity index (χ4n) is 1.88. The second kappa shape index (κ2) is 6.28. The van der Waals surface area contributed by atoms with Gasteiger partial charge in [-0.15, -0.1) is 0 Å². The Bertz CT molecular complexity index is 571. The minimum Gasteiger partial charge on any atom is -0.361 e. The van der Waals surface area contributed by atoms with E-state index in [2.05, 4.69) is 57.4 Å². The Morgan fingerprint density at radius 1 is 1.35 bits per heavy atom. The number of imidazole rings is 1. The molecule has 0 amide bonds. The maximum Gasteiger partial charge on any atom is 0.144 e. The van der Waals surface area contributed by atoms with Gasteiger partial charge in [0.25, 0.3) is 0 Å². The maximum absolute atomic E-state index is 5.82. The molecule has 0 saturated heterocycles. The average Bonchev–Trinajstić information content (AvgIpc) is 2.90. The first kappa shape index (κ1) is 15.5. The first-order valence-corrected chi connectivity index (χ1v) is 11.3. The van der Waals surface area contributed by atoms with Gasteiger partial charge in [-0.3, -0.25) is 4.57 Å². The summed E-state index contributed by atoms with van der Waals surface area (Å²) >= 11 is 3.54. The lowest BCUT2D eigenvalue weighted by atomic mass is 10.3. The van der Waals surface area contributed by atoms with Crippen molar-refractivity contribution >= 4 is 24.0 Å². The van der Waals surface area contributed by atoms with Crippen molar-refractivity contribution in [3.8, 4) is 11.4 Å². The molecule has 2 rings (SSSR count). The molecule has 0 aliphatic carbocycles. The Kier molecular flexibility index (Phi) is 4.88. The van der Waals surface area contributed by atoms with Gasteiger partial charge in [-0.1, -0.05) is 19.6 Å². The first-order valence-electron chi connectivity index (χ1n) is 6.78. The fourth-order valence-corrected chi connectivity index (χ4v) is 3.01. The SMILES string of the molecule is Cn1ccc(-c2ncc(Br)n2COCC[Si](C)(C)C)c1. The lowest BCUT2D eigenvalue weighted by Crippen LogP contribution is -2.22. The van der Waals surface area contributed by atoms with Gasteiger partial charge in [0.05, 0.1) is 6.20 Å². The van der Waals surface area contributed by atoms with Crippen molar-refractivity contribution in [2.24, 2.45) is 7.05 Å². The van der Waals surface area contributed by atoms with Crippen LogP contribution < -0.4 is 0 Å². The summed E-state index contributed by atoms with van der Waals surface area (Å²) in [4.78, 5) is 4.46. The maximum atomic E-state index is 5.82. The van der Waals surface area contributed by atoms with E-state index in [-0.39, 0.29) is 0 Å². The molecule has 0 radical (unpaired) electrons. The second-order valence-corrected chi connectivity index (χ2v) is 12.7. The average molecular weight is 356 g/mol. The molecule has 2 heterocycles. The van der Waals surface area contributed by atoms with Crippen LogP contribution in [0.5, 0.6) is 0 Å². The van der Waals surface area contributed by atoms with Gasteiger partial charge in [0.1, 0.15) is 17.2 Å². The number of aryl methyl sites for hydroxylation is 1. The van der Waals surface area contributed by atoms with Crippen molar-refractivity contribution in [2.75, 3.05) is 6.61 Å². The normalized spacial score (nSPS) is 12.1. The number of aromatic nitrogens is 3. The van der Waals surface area contributed by atoms with Gasteiger partial charge in [-0.2, -0.15) is 0 Å². The molecule has 4 nitrogen and oxygen atoms in total. The number of ether oxygens (including phenoxy) is 1. The molecular formula is C14H22BrN3OSi. The molecule has 0 saturated carbocycles. The highest BCUT2D eigenvalue weighted by Crippen LogP contribution is 2.23. The van der Waals surface area contributed by atoms with Crippen LogP contribution in [-0.2, 0) is 18.5 Å². The molecular weight excluding hydrogens is 334 g/mol. The van der Waals surface area contributed by atoms with Gasteiger partial charge >= 0.3 is 0 Å². The lowest BCUT2D eigenvalue weighted by Gasteiger charge is -2.16. The highest BCUT2D eigenvalue weighted by molar-refractivity contribution is 9.10. The van der Waals surface area contributed by atoms with Crippen molar-refractivity contribution in [1.29, 1.82) is 0 Å². The zero-order chi connectivity index (χ0) is 14.8. The number of rotatable bonds is 6. The Morgan fingerprint density at radius 2 is 2.10 bits per heavy atom. The van der Waals surface area contributed by atoms with Crippen LogP contribution in [0.2, 0.25) is 25.7 Å². The van der Waals surface area contributed by atoms with E-state index in [1.54, 1.807) is 0 Å². The summed E-state index contributed by atoms with van der Waals surface area (Å²) in [7, 11) is 0.978. The number of hydrogen-bond acceptors (Lipinski definition) is 2. The van der Waals surface area contributed by atoms with Gasteiger partial charge < -0.3 is 9.30 Å². The van der Waals surface area contributed by atoms with Crippen LogP contribution in [0.1, 0.15) is 0 Å². The third-order valence-electron chi connectivity index (χ3n) is 3.11. The van der Waals surface area contributed by atoms with Gasteiger partial charge in [0.15, 0.2) is 0 Å². The van der Waals surface area contributed by atoms with E-state index in [0.717, 1.165) is 22.6 Å². The number of hydrogen-bond donors (Lipinski definition) is 0. The van der Waals surface area contributed by atoms with Gasteiger partial charge in [-0.05, 0) is 28.0 Å². The summed E-state index contributed by atoms with van der Waals surface area (Å²) in [6, 6.07) is 3.24. The molecule has 0 N–H and O–H groups in total. The smallest absolute Gasteiger partial charge is 0.144 e. The molecule has 0 aliphatic rings. The molecule has 20 heavy (non-hydrogen) atoms. The van der Waals surface area contributed by atoms with Crippen LogP contribution in [-0.4, -0.2) is 28.8 Å². The van der Waals surface area contributed by atoms with Gasteiger partial charge in [0, 0.05) is 39.7 Å². The molecule has 110 valence electrons. The monoisotopic (exact) mass is 355 g/mol. The Hall–Kier alpha value is -0.853. The Morgan fingerprint density at radius 3 is 2.70 bits per heavy atom. The summed E-state index contributed by atoms with van der Waals surface area (Å²) in [5.41, 5.74) is 1.10. The van der Waals surface area contributed by atoms with Crippen LogP contribution in [0.25, 0.3) is 11.4 Å². The molecule has 0 fully saturated rings. The van der Waals surface area contributed by atoms with Crippen LogP contribution >= 0.6 is 15.9 Å². The van der Waals surface area contributed by atoms with Crippen molar-refractivity contribution in [3.63, 3.8) is 0 Å². The van der Waals surface area contributed by atoms with Crippen LogP contribution in [0.15, 0.2) is 29.3 Å². The zero-order valence-corrected chi connectivity index (χ0v) is 15.1. The van der Waals surface area contributed by atoms with Crippen molar-refractivity contribution in [2.45, 2.75) is 32.4 Å². The van der Waals surface area contributed by atoms with Crippen molar-refractivity contribution < 1.29 is 4.74 Å². The summed E-state index contributed by atoms with van der Waals surface area (Å²) < 4.78 is 10.9. The largest absolute Gasteiger partial charge is 0.361 e. The molecule has 2 aromatic rings. The van der Waals surface area contributed by atoms with Crippen LogP contribution in [0.3, 0.4) is 0 Å². The van der Waals surface area contributed by atoms with E-state index in [0.29, 0.717) is 6.73 Å². The van der Waals surface area contributed by atoms with E-state index >= 15 is 0 Å². The lowest BCUT2D eigenvalue weighted by molar-refractivity contribution is 0.0869. The summed E-state index contributed by atoms with van der Waals surface area (Å²) in [5.74, 6) is 0.936. The molecule has 0 spiro atoms. The summed E-state index contributed by atoms with van der Waals surface area (Å²) in [6.07, 6.45) is 5.91. The topological polar surface area (TPSA) is 32.0 Å². The van der Waals surface area contributed by atoms with E-state index in [4.69, 9.17) is 4.74 Å². The predicted octanol–water partition coefficient (Wildman–Crippen LogP) is 3.96. The number of halogens is 1. The summed E-state index contributed by atoms with van der Waals surface area (Å²) in [6.45, 7) is 8.43. The third-order valence-corrected chi connectivity index (χ3v) is 5.45. The molecule has 0 atom stereocenters. The van der Waals surface area contributed by atoms with E-state index in [9.17, 15) is 0 Å². The highest BCUT2D eigenvalue weighted by Gasteiger charge is 2.14. The minimum absolute atomic E-state index is 0.537. The third kappa shape index (κ3) is 4.07. The quantitative estimate of drug-likeness (QED) is 0.580. The number of nitrogens with zero attached hydrogens (tertiary/aromatic N) is 3. The molecule has 0 aromatic carbocycles. The van der Waals surface area contributed by atoms with Crippen LogP contribution in [0, 0.1) is 0 Å². The second-order valence-electron chi connectivity index (χ2n) is 6.25. The zero-order valence-electron chi connectivity index (χ0n) is 12.6. The Labute approximate surface area is 129 Å². The predicted molar refractivity (Wildman–Crippen MR) is 88.4 cm³/mol. The molecule has 0 aliphatic heterocycles. The first-order chi connectivity index (χ1) is 9.37. The van der Waals surface area contributed by atoms with Gasteiger partial charge in [0.2, 0.25) is 0 Å². The van der Waals surface area contributed by atoms with Crippen molar-refractivity contribution in [1.82, 2.24) is 14.1 Å². The molecule has 2 aromatic heterocycles.